The summed E-state index contributed by atoms with van der Waals surface area (Å²) in [5.41, 5.74) is 4.71. The summed E-state index contributed by atoms with van der Waals surface area (Å²) in [6, 6.07) is 2.02. The molecule has 1 amide bonds. The van der Waals surface area contributed by atoms with Crippen LogP contribution in [0.5, 0.6) is 0 Å². The number of carbonyl (C=O) groups excluding carboxylic acids is 1. The summed E-state index contributed by atoms with van der Waals surface area (Å²) in [7, 11) is 0. The average molecular weight is 302 g/mol. The SMILES string of the molecule is C=C(F)C(=O)N1CC(C(=CC)c2c(C)ccnc2CCC)C1. The van der Waals surface area contributed by atoms with Crippen LogP contribution in [0.4, 0.5) is 4.39 Å². The van der Waals surface area contributed by atoms with Crippen molar-refractivity contribution in [3.63, 3.8) is 0 Å². The molecule has 0 bridgehead atoms. The van der Waals surface area contributed by atoms with E-state index >= 15 is 0 Å². The number of aromatic nitrogens is 1. The zero-order valence-electron chi connectivity index (χ0n) is 13.5. The summed E-state index contributed by atoms with van der Waals surface area (Å²) in [6.45, 7) is 10.4. The van der Waals surface area contributed by atoms with Gasteiger partial charge in [-0.05, 0) is 37.5 Å². The summed E-state index contributed by atoms with van der Waals surface area (Å²) in [6.07, 6.45) is 5.92. The first-order valence-electron chi connectivity index (χ1n) is 7.74. The third-order valence-corrected chi connectivity index (χ3v) is 4.16. The molecule has 1 aromatic heterocycles. The second kappa shape index (κ2) is 6.86. The fourth-order valence-corrected chi connectivity index (χ4v) is 3.03. The summed E-state index contributed by atoms with van der Waals surface area (Å²) in [5.74, 6) is -1.24. The largest absolute Gasteiger partial charge is 0.335 e. The molecule has 0 radical (unpaired) electrons. The van der Waals surface area contributed by atoms with E-state index in [0.717, 1.165) is 18.5 Å². The maximum absolute atomic E-state index is 12.9. The van der Waals surface area contributed by atoms with Crippen molar-refractivity contribution in [3.8, 4) is 0 Å². The number of likely N-dealkylation sites (tertiary alicyclic amines) is 1. The molecule has 4 heteroatoms. The summed E-state index contributed by atoms with van der Waals surface area (Å²) in [4.78, 5) is 17.6. The van der Waals surface area contributed by atoms with Crippen molar-refractivity contribution >= 4 is 11.5 Å². The van der Waals surface area contributed by atoms with E-state index in [9.17, 15) is 9.18 Å². The maximum Gasteiger partial charge on any atom is 0.282 e. The van der Waals surface area contributed by atoms with Crippen molar-refractivity contribution in [2.45, 2.75) is 33.6 Å². The Kier molecular flexibility index (Phi) is 5.11. The number of amides is 1. The van der Waals surface area contributed by atoms with Crippen molar-refractivity contribution in [2.75, 3.05) is 13.1 Å². The van der Waals surface area contributed by atoms with E-state index in [-0.39, 0.29) is 5.92 Å². The van der Waals surface area contributed by atoms with Gasteiger partial charge in [-0.3, -0.25) is 9.78 Å². The Morgan fingerprint density at radius 2 is 2.23 bits per heavy atom. The topological polar surface area (TPSA) is 33.2 Å². The second-order valence-corrected chi connectivity index (χ2v) is 5.76. The number of allylic oxidation sites excluding steroid dienone is 1. The highest BCUT2D eigenvalue weighted by Crippen LogP contribution is 2.35. The van der Waals surface area contributed by atoms with E-state index in [1.807, 2.05) is 19.2 Å². The molecule has 3 nitrogen and oxygen atoms in total. The number of aryl methyl sites for hydroxylation is 2. The lowest BCUT2D eigenvalue weighted by Crippen LogP contribution is -2.50. The monoisotopic (exact) mass is 302 g/mol. The standard InChI is InChI=1S/C18H23FN2O/c1-5-7-16-17(12(3)8-9-20-16)15(6-2)14-10-21(11-14)18(22)13(4)19/h6,8-9,14H,4-5,7,10-11H2,1-3H3. The lowest BCUT2D eigenvalue weighted by Gasteiger charge is -2.41. The quantitative estimate of drug-likeness (QED) is 0.777. The van der Waals surface area contributed by atoms with Crippen molar-refractivity contribution in [1.82, 2.24) is 9.88 Å². The number of nitrogens with zero attached hydrogens (tertiary/aromatic N) is 2. The average Bonchev–Trinajstić information content (AvgIpc) is 2.43. The molecule has 22 heavy (non-hydrogen) atoms. The molecule has 1 aromatic rings. The summed E-state index contributed by atoms with van der Waals surface area (Å²) in [5, 5.41) is 0. The molecule has 0 spiro atoms. The highest BCUT2D eigenvalue weighted by atomic mass is 19.1. The fourth-order valence-electron chi connectivity index (χ4n) is 3.03. The van der Waals surface area contributed by atoms with Crippen molar-refractivity contribution in [1.29, 1.82) is 0 Å². The van der Waals surface area contributed by atoms with Crippen LogP contribution in [0, 0.1) is 12.8 Å². The Morgan fingerprint density at radius 1 is 1.55 bits per heavy atom. The molecule has 0 aliphatic carbocycles. The minimum Gasteiger partial charge on any atom is -0.335 e. The molecule has 0 saturated carbocycles. The Labute approximate surface area is 131 Å². The molecule has 1 saturated heterocycles. The van der Waals surface area contributed by atoms with E-state index < -0.39 is 11.7 Å². The van der Waals surface area contributed by atoms with E-state index in [0.29, 0.717) is 13.1 Å². The second-order valence-electron chi connectivity index (χ2n) is 5.76. The molecule has 2 heterocycles. The molecule has 0 atom stereocenters. The third kappa shape index (κ3) is 3.11. The Bertz CT molecular complexity index is 616. The lowest BCUT2D eigenvalue weighted by molar-refractivity contribution is -0.133. The first-order valence-corrected chi connectivity index (χ1v) is 7.74. The van der Waals surface area contributed by atoms with E-state index in [4.69, 9.17) is 0 Å². The van der Waals surface area contributed by atoms with Crippen molar-refractivity contribution in [2.24, 2.45) is 5.92 Å². The van der Waals surface area contributed by atoms with Gasteiger partial charge >= 0.3 is 0 Å². The van der Waals surface area contributed by atoms with Crippen LogP contribution in [0.15, 0.2) is 30.7 Å². The van der Waals surface area contributed by atoms with Crippen LogP contribution in [-0.4, -0.2) is 28.9 Å². The number of hydrogen-bond donors (Lipinski definition) is 0. The van der Waals surface area contributed by atoms with Crippen LogP contribution in [0.1, 0.15) is 37.1 Å². The van der Waals surface area contributed by atoms with Crippen LogP contribution in [-0.2, 0) is 11.2 Å². The summed E-state index contributed by atoms with van der Waals surface area (Å²) >= 11 is 0. The van der Waals surface area contributed by atoms with Gasteiger partial charge in [-0.2, -0.15) is 0 Å². The third-order valence-electron chi connectivity index (χ3n) is 4.16. The van der Waals surface area contributed by atoms with Crippen LogP contribution in [0.3, 0.4) is 0 Å². The van der Waals surface area contributed by atoms with Gasteiger partial charge < -0.3 is 4.90 Å². The summed E-state index contributed by atoms with van der Waals surface area (Å²) < 4.78 is 12.9. The normalized spacial score (nSPS) is 15.6. The molecule has 118 valence electrons. The number of hydrogen-bond acceptors (Lipinski definition) is 2. The van der Waals surface area contributed by atoms with Crippen LogP contribution >= 0.6 is 0 Å². The lowest BCUT2D eigenvalue weighted by atomic mass is 9.83. The molecular weight excluding hydrogens is 279 g/mol. The van der Waals surface area contributed by atoms with Gasteiger partial charge in [0.05, 0.1) is 0 Å². The minimum atomic E-state index is -0.885. The predicted molar refractivity (Wildman–Crippen MR) is 86.9 cm³/mol. The zero-order chi connectivity index (χ0) is 16.3. The Balaban J connectivity index is 2.22. The molecule has 1 fully saturated rings. The van der Waals surface area contributed by atoms with Crippen LogP contribution in [0.25, 0.3) is 5.57 Å². The van der Waals surface area contributed by atoms with Crippen LogP contribution < -0.4 is 0 Å². The molecular formula is C18H23FN2O. The first kappa shape index (κ1) is 16.4. The minimum absolute atomic E-state index is 0.242. The fraction of sp³-hybridized carbons (Fsp3) is 0.444. The van der Waals surface area contributed by atoms with Gasteiger partial charge in [-0.1, -0.05) is 26.0 Å². The van der Waals surface area contributed by atoms with Gasteiger partial charge in [0.15, 0.2) is 5.83 Å². The van der Waals surface area contributed by atoms with Gasteiger partial charge in [0.2, 0.25) is 0 Å². The Morgan fingerprint density at radius 3 is 2.77 bits per heavy atom. The van der Waals surface area contributed by atoms with E-state index in [2.05, 4.69) is 31.5 Å². The predicted octanol–water partition coefficient (Wildman–Crippen LogP) is 3.69. The highest BCUT2D eigenvalue weighted by molar-refractivity contribution is 5.91. The van der Waals surface area contributed by atoms with Gasteiger partial charge in [-0.25, -0.2) is 4.39 Å². The number of rotatable bonds is 5. The van der Waals surface area contributed by atoms with E-state index in [1.165, 1.54) is 21.6 Å². The van der Waals surface area contributed by atoms with Gasteiger partial charge in [0.25, 0.3) is 5.91 Å². The molecule has 0 N–H and O–H groups in total. The van der Waals surface area contributed by atoms with Gasteiger partial charge in [0, 0.05) is 36.5 Å². The van der Waals surface area contributed by atoms with Gasteiger partial charge in [0.1, 0.15) is 0 Å². The molecule has 1 aliphatic heterocycles. The molecule has 0 unspecified atom stereocenters. The number of carbonyl (C=O) groups is 1. The molecule has 2 rings (SSSR count). The smallest absolute Gasteiger partial charge is 0.282 e. The van der Waals surface area contributed by atoms with E-state index in [1.54, 1.807) is 0 Å². The highest BCUT2D eigenvalue weighted by Gasteiger charge is 2.35. The zero-order valence-corrected chi connectivity index (χ0v) is 13.5. The number of halogens is 1. The number of pyridine rings is 1. The first-order chi connectivity index (χ1) is 10.5. The Hall–Kier alpha value is -1.97. The molecule has 1 aliphatic rings. The van der Waals surface area contributed by atoms with Crippen molar-refractivity contribution < 1.29 is 9.18 Å². The van der Waals surface area contributed by atoms with Gasteiger partial charge in [-0.15, -0.1) is 0 Å². The van der Waals surface area contributed by atoms with Crippen LogP contribution in [0.2, 0.25) is 0 Å². The van der Waals surface area contributed by atoms with Crippen molar-refractivity contribution in [3.05, 3.63) is 47.6 Å². The maximum atomic E-state index is 12.9. The molecule has 0 aromatic carbocycles.